The van der Waals surface area contributed by atoms with Gasteiger partial charge in [0.25, 0.3) is 11.7 Å². The van der Waals surface area contributed by atoms with E-state index in [1.165, 1.54) is 0 Å². The standard InChI is InChI=1S/C23H22ClN5O3/c1-15-12-16(2)29-23(25-15)26-21(27-29)13-28(19-6-4-5-7-20(19)31-3)22(30)14-32-18-10-8-17(24)9-11-18/h4-12H,13-14H2,1-3H3. The van der Waals surface area contributed by atoms with Crippen molar-refractivity contribution in [3.05, 3.63) is 76.8 Å². The highest BCUT2D eigenvalue weighted by Crippen LogP contribution is 2.29. The highest BCUT2D eigenvalue weighted by Gasteiger charge is 2.23. The Morgan fingerprint density at radius 3 is 2.59 bits per heavy atom. The molecule has 2 aromatic heterocycles. The van der Waals surface area contributed by atoms with Gasteiger partial charge in [-0.2, -0.15) is 4.98 Å². The maximum Gasteiger partial charge on any atom is 0.265 e. The summed E-state index contributed by atoms with van der Waals surface area (Å²) in [6.45, 7) is 3.79. The average Bonchev–Trinajstić information content (AvgIpc) is 3.20. The number of fused-ring (bicyclic) bond motifs is 1. The minimum absolute atomic E-state index is 0.130. The summed E-state index contributed by atoms with van der Waals surface area (Å²) in [4.78, 5) is 23.7. The Labute approximate surface area is 190 Å². The lowest BCUT2D eigenvalue weighted by Crippen LogP contribution is -2.35. The zero-order valence-corrected chi connectivity index (χ0v) is 18.7. The Hall–Kier alpha value is -3.65. The van der Waals surface area contributed by atoms with Crippen molar-refractivity contribution in [2.75, 3.05) is 18.6 Å². The van der Waals surface area contributed by atoms with E-state index in [4.69, 9.17) is 21.1 Å². The van der Waals surface area contributed by atoms with E-state index >= 15 is 0 Å². The van der Waals surface area contributed by atoms with Crippen molar-refractivity contribution in [3.63, 3.8) is 0 Å². The minimum Gasteiger partial charge on any atom is -0.495 e. The Morgan fingerprint density at radius 2 is 1.84 bits per heavy atom. The number of carbonyl (C=O) groups is 1. The Balaban J connectivity index is 1.64. The van der Waals surface area contributed by atoms with Gasteiger partial charge in [0.05, 0.1) is 19.3 Å². The van der Waals surface area contributed by atoms with Crippen molar-refractivity contribution >= 4 is 29.0 Å². The van der Waals surface area contributed by atoms with Crippen LogP contribution in [0.4, 0.5) is 5.69 Å². The first-order valence-corrected chi connectivity index (χ1v) is 10.3. The predicted molar refractivity (Wildman–Crippen MR) is 121 cm³/mol. The van der Waals surface area contributed by atoms with E-state index in [1.54, 1.807) is 46.9 Å². The molecule has 164 valence electrons. The van der Waals surface area contributed by atoms with Gasteiger partial charge in [-0.15, -0.1) is 5.10 Å². The van der Waals surface area contributed by atoms with Crippen LogP contribution < -0.4 is 14.4 Å². The first kappa shape index (κ1) is 21.6. The Bertz CT molecular complexity index is 1260. The topological polar surface area (TPSA) is 81.9 Å². The summed E-state index contributed by atoms with van der Waals surface area (Å²) < 4.78 is 12.8. The molecule has 32 heavy (non-hydrogen) atoms. The molecular weight excluding hydrogens is 430 g/mol. The molecule has 0 aliphatic carbocycles. The van der Waals surface area contributed by atoms with Crippen molar-refractivity contribution in [1.29, 1.82) is 0 Å². The summed E-state index contributed by atoms with van der Waals surface area (Å²) in [5, 5.41) is 5.13. The van der Waals surface area contributed by atoms with Gasteiger partial charge in [0, 0.05) is 16.4 Å². The molecule has 0 aliphatic heterocycles. The molecule has 0 aliphatic rings. The average molecular weight is 452 g/mol. The summed E-state index contributed by atoms with van der Waals surface area (Å²) >= 11 is 5.92. The van der Waals surface area contributed by atoms with E-state index in [0.717, 1.165) is 11.4 Å². The number of para-hydroxylation sites is 2. The van der Waals surface area contributed by atoms with Gasteiger partial charge in [0.2, 0.25) is 0 Å². The SMILES string of the molecule is COc1ccccc1N(Cc1nc2nc(C)cc(C)n2n1)C(=O)COc1ccc(Cl)cc1. The first-order valence-electron chi connectivity index (χ1n) is 9.96. The number of nitrogens with zero attached hydrogens (tertiary/aromatic N) is 5. The summed E-state index contributed by atoms with van der Waals surface area (Å²) in [6.07, 6.45) is 0. The maximum absolute atomic E-state index is 13.2. The molecule has 0 fully saturated rings. The van der Waals surface area contributed by atoms with Gasteiger partial charge in [-0.1, -0.05) is 23.7 Å². The number of aromatic nitrogens is 4. The molecule has 2 heterocycles. The van der Waals surface area contributed by atoms with Crippen molar-refractivity contribution < 1.29 is 14.3 Å². The van der Waals surface area contributed by atoms with Crippen molar-refractivity contribution in [2.45, 2.75) is 20.4 Å². The third kappa shape index (κ3) is 4.65. The van der Waals surface area contributed by atoms with Gasteiger partial charge < -0.3 is 9.47 Å². The number of methoxy groups -OCH3 is 1. The van der Waals surface area contributed by atoms with E-state index < -0.39 is 0 Å². The molecular formula is C23H22ClN5O3. The third-order valence-electron chi connectivity index (χ3n) is 4.81. The molecule has 0 spiro atoms. The number of benzene rings is 2. The number of halogens is 1. The van der Waals surface area contributed by atoms with Gasteiger partial charge >= 0.3 is 0 Å². The molecule has 4 aromatic rings. The fourth-order valence-electron chi connectivity index (χ4n) is 3.33. The minimum atomic E-state index is -0.274. The van der Waals surface area contributed by atoms with Crippen molar-refractivity contribution in [1.82, 2.24) is 19.6 Å². The maximum atomic E-state index is 13.2. The summed E-state index contributed by atoms with van der Waals surface area (Å²) in [5.41, 5.74) is 2.36. The quantitative estimate of drug-likeness (QED) is 0.422. The largest absolute Gasteiger partial charge is 0.495 e. The molecule has 0 atom stereocenters. The number of ether oxygens (including phenoxy) is 2. The third-order valence-corrected chi connectivity index (χ3v) is 5.07. The van der Waals surface area contributed by atoms with E-state index in [1.807, 2.05) is 38.1 Å². The molecule has 0 radical (unpaired) electrons. The Morgan fingerprint density at radius 1 is 1.09 bits per heavy atom. The lowest BCUT2D eigenvalue weighted by Gasteiger charge is -2.23. The first-order chi connectivity index (χ1) is 15.4. The van der Waals surface area contributed by atoms with Crippen LogP contribution in [0.1, 0.15) is 17.2 Å². The summed E-state index contributed by atoms with van der Waals surface area (Å²) in [7, 11) is 1.56. The number of aryl methyl sites for hydroxylation is 2. The highest BCUT2D eigenvalue weighted by molar-refractivity contribution is 6.30. The lowest BCUT2D eigenvalue weighted by atomic mass is 10.2. The summed E-state index contributed by atoms with van der Waals surface area (Å²) in [5.74, 6) is 1.77. The predicted octanol–water partition coefficient (Wildman–Crippen LogP) is 4.02. The molecule has 0 saturated heterocycles. The fourth-order valence-corrected chi connectivity index (χ4v) is 3.46. The molecule has 4 rings (SSSR count). The molecule has 1 amide bonds. The molecule has 0 unspecified atom stereocenters. The molecule has 0 bridgehead atoms. The number of amides is 1. The zero-order chi connectivity index (χ0) is 22.7. The number of hydrogen-bond acceptors (Lipinski definition) is 6. The van der Waals surface area contributed by atoms with Crippen LogP contribution in [0.15, 0.2) is 54.6 Å². The fraction of sp³-hybridized carbons (Fsp3) is 0.217. The van der Waals surface area contributed by atoms with Crippen LogP contribution in [0, 0.1) is 13.8 Å². The molecule has 0 N–H and O–H groups in total. The van der Waals surface area contributed by atoms with Crippen LogP contribution >= 0.6 is 11.6 Å². The van der Waals surface area contributed by atoms with Gasteiger partial charge in [0.15, 0.2) is 12.4 Å². The highest BCUT2D eigenvalue weighted by atomic mass is 35.5. The van der Waals surface area contributed by atoms with Crippen molar-refractivity contribution in [2.24, 2.45) is 0 Å². The van der Waals surface area contributed by atoms with Crippen LogP contribution in [0.2, 0.25) is 5.02 Å². The van der Waals surface area contributed by atoms with E-state index in [9.17, 15) is 4.79 Å². The van der Waals surface area contributed by atoms with E-state index in [2.05, 4.69) is 15.1 Å². The zero-order valence-electron chi connectivity index (χ0n) is 17.9. The number of carbonyl (C=O) groups excluding carboxylic acids is 1. The number of rotatable bonds is 7. The van der Waals surface area contributed by atoms with Crippen LogP contribution in [0.25, 0.3) is 5.78 Å². The van der Waals surface area contributed by atoms with Crippen LogP contribution in [-0.2, 0) is 11.3 Å². The monoisotopic (exact) mass is 451 g/mol. The second kappa shape index (κ2) is 9.23. The van der Waals surface area contributed by atoms with Crippen molar-refractivity contribution in [3.8, 4) is 11.5 Å². The Kier molecular flexibility index (Phi) is 6.23. The normalized spacial score (nSPS) is 10.9. The van der Waals surface area contributed by atoms with E-state index in [0.29, 0.717) is 33.8 Å². The molecule has 8 nitrogen and oxygen atoms in total. The number of anilines is 1. The second-order valence-corrected chi connectivity index (χ2v) is 7.61. The number of hydrogen-bond donors (Lipinski definition) is 0. The van der Waals surface area contributed by atoms with Gasteiger partial charge in [-0.3, -0.25) is 9.69 Å². The van der Waals surface area contributed by atoms with Crippen LogP contribution in [0.5, 0.6) is 11.5 Å². The molecule has 2 aromatic carbocycles. The second-order valence-electron chi connectivity index (χ2n) is 7.17. The molecule has 0 saturated carbocycles. The summed E-state index contributed by atoms with van der Waals surface area (Å²) in [6, 6.07) is 16.0. The smallest absolute Gasteiger partial charge is 0.265 e. The van der Waals surface area contributed by atoms with Gasteiger partial charge in [-0.05, 0) is 56.3 Å². The van der Waals surface area contributed by atoms with Gasteiger partial charge in [-0.25, -0.2) is 9.50 Å². The van der Waals surface area contributed by atoms with E-state index in [-0.39, 0.29) is 19.1 Å². The van der Waals surface area contributed by atoms with Gasteiger partial charge in [0.1, 0.15) is 11.5 Å². The van der Waals surface area contributed by atoms with Crippen LogP contribution in [-0.4, -0.2) is 39.2 Å². The lowest BCUT2D eigenvalue weighted by molar-refractivity contribution is -0.120. The molecule has 9 heteroatoms. The van der Waals surface area contributed by atoms with Crippen LogP contribution in [0.3, 0.4) is 0 Å².